The third-order valence-corrected chi connectivity index (χ3v) is 5.79. The van der Waals surface area contributed by atoms with Crippen LogP contribution >= 0.6 is 11.3 Å². The second-order valence-electron chi connectivity index (χ2n) is 7.08. The zero-order chi connectivity index (χ0) is 18.8. The smallest absolute Gasteiger partial charge is 0.261 e. The molecule has 6 heteroatoms. The Morgan fingerprint density at radius 1 is 1.31 bits per heavy atom. The molecule has 0 radical (unpaired) electrons. The number of rotatable bonds is 4. The van der Waals surface area contributed by atoms with Crippen molar-refractivity contribution in [3.63, 3.8) is 0 Å². The molecule has 0 unspecified atom stereocenters. The van der Waals surface area contributed by atoms with Gasteiger partial charge >= 0.3 is 0 Å². The predicted octanol–water partition coefficient (Wildman–Crippen LogP) is 3.23. The molecular weight excluding hydrogens is 346 g/mol. The van der Waals surface area contributed by atoms with Gasteiger partial charge < -0.3 is 10.2 Å². The Morgan fingerprint density at radius 3 is 2.73 bits per heavy atom. The minimum atomic E-state index is -0.0486. The number of aromatic nitrogens is 1. The summed E-state index contributed by atoms with van der Waals surface area (Å²) in [5, 5.41) is 3.02. The Labute approximate surface area is 158 Å². The van der Waals surface area contributed by atoms with Crippen LogP contribution in [-0.2, 0) is 24.3 Å². The molecule has 3 rings (SSSR count). The van der Waals surface area contributed by atoms with Crippen LogP contribution in [0.25, 0.3) is 0 Å². The molecule has 1 aliphatic rings. The van der Waals surface area contributed by atoms with Crippen molar-refractivity contribution in [3.05, 3.63) is 50.5 Å². The number of amides is 2. The molecule has 138 valence electrons. The summed E-state index contributed by atoms with van der Waals surface area (Å²) in [5.41, 5.74) is 4.34. The van der Waals surface area contributed by atoms with E-state index in [2.05, 4.69) is 10.3 Å². The molecule has 5 nitrogen and oxygen atoms in total. The van der Waals surface area contributed by atoms with Crippen molar-refractivity contribution in [1.29, 1.82) is 0 Å². The van der Waals surface area contributed by atoms with E-state index in [4.69, 9.17) is 0 Å². The van der Waals surface area contributed by atoms with Crippen LogP contribution in [-0.4, -0.2) is 28.2 Å². The van der Waals surface area contributed by atoms with Crippen LogP contribution in [0.4, 0.5) is 0 Å². The fourth-order valence-electron chi connectivity index (χ4n) is 3.32. The van der Waals surface area contributed by atoms with E-state index in [1.807, 2.05) is 50.9 Å². The van der Waals surface area contributed by atoms with Crippen molar-refractivity contribution < 1.29 is 9.59 Å². The number of thiophene rings is 1. The van der Waals surface area contributed by atoms with Gasteiger partial charge in [-0.05, 0) is 49.1 Å². The van der Waals surface area contributed by atoms with Gasteiger partial charge in [0.25, 0.3) is 5.91 Å². The second kappa shape index (κ2) is 7.58. The number of carbonyl (C=O) groups is 2. The third-order valence-electron chi connectivity index (χ3n) is 4.79. The zero-order valence-electron chi connectivity index (χ0n) is 15.8. The molecule has 1 N–H and O–H groups in total. The molecule has 0 aliphatic carbocycles. The highest BCUT2D eigenvalue weighted by atomic mass is 32.1. The number of nitrogens with zero attached hydrogens (tertiary/aromatic N) is 2. The van der Waals surface area contributed by atoms with Gasteiger partial charge in [0.05, 0.1) is 4.88 Å². The number of aryl methyl sites for hydroxylation is 2. The number of pyridine rings is 1. The van der Waals surface area contributed by atoms with Gasteiger partial charge in [-0.3, -0.25) is 14.6 Å². The highest BCUT2D eigenvalue weighted by molar-refractivity contribution is 7.13. The summed E-state index contributed by atoms with van der Waals surface area (Å²) in [4.78, 5) is 32.9. The van der Waals surface area contributed by atoms with Crippen molar-refractivity contribution in [3.8, 4) is 0 Å². The second-order valence-corrected chi connectivity index (χ2v) is 8.37. The molecule has 0 atom stereocenters. The molecule has 0 saturated heterocycles. The zero-order valence-corrected chi connectivity index (χ0v) is 16.6. The average Bonchev–Trinajstić information content (AvgIpc) is 3.06. The van der Waals surface area contributed by atoms with Gasteiger partial charge in [-0.25, -0.2) is 0 Å². The Bertz CT molecular complexity index is 842. The van der Waals surface area contributed by atoms with Crippen LogP contribution in [0.1, 0.15) is 50.8 Å². The lowest BCUT2D eigenvalue weighted by Gasteiger charge is -2.31. The number of hydrogen-bond acceptors (Lipinski definition) is 4. The normalized spacial score (nSPS) is 13.7. The Morgan fingerprint density at radius 2 is 2.08 bits per heavy atom. The molecule has 2 aromatic rings. The largest absolute Gasteiger partial charge is 0.347 e. The highest BCUT2D eigenvalue weighted by Gasteiger charge is 2.25. The van der Waals surface area contributed by atoms with E-state index in [0.29, 0.717) is 13.1 Å². The maximum absolute atomic E-state index is 12.4. The van der Waals surface area contributed by atoms with Crippen molar-refractivity contribution >= 4 is 23.2 Å². The molecule has 3 heterocycles. The van der Waals surface area contributed by atoms with Gasteiger partial charge in [-0.1, -0.05) is 13.8 Å². The lowest BCUT2D eigenvalue weighted by molar-refractivity contribution is -0.135. The molecule has 0 bridgehead atoms. The SMILES string of the molecule is Cc1ccc(C(=O)NCc2c(C)ncc3c2CCN(C(=O)C(C)C)C3)s1. The van der Waals surface area contributed by atoms with Gasteiger partial charge in [-0.15, -0.1) is 11.3 Å². The first kappa shape index (κ1) is 18.6. The Balaban J connectivity index is 1.76. The maximum atomic E-state index is 12.4. The lowest BCUT2D eigenvalue weighted by atomic mass is 9.94. The first-order chi connectivity index (χ1) is 12.4. The number of carbonyl (C=O) groups excluding carboxylic acids is 2. The van der Waals surface area contributed by atoms with E-state index < -0.39 is 0 Å². The maximum Gasteiger partial charge on any atom is 0.261 e. The third kappa shape index (κ3) is 3.80. The van der Waals surface area contributed by atoms with Gasteiger partial charge in [0.15, 0.2) is 0 Å². The Kier molecular flexibility index (Phi) is 5.41. The summed E-state index contributed by atoms with van der Waals surface area (Å²) in [5.74, 6) is 0.134. The van der Waals surface area contributed by atoms with E-state index in [1.165, 1.54) is 16.9 Å². The molecule has 2 aromatic heterocycles. The van der Waals surface area contributed by atoms with Gasteiger partial charge in [-0.2, -0.15) is 0 Å². The predicted molar refractivity (Wildman–Crippen MR) is 103 cm³/mol. The number of hydrogen-bond donors (Lipinski definition) is 1. The standard InChI is InChI=1S/C20H25N3O2S/c1-12(2)20(25)23-8-7-16-15(11-23)9-21-14(4)17(16)10-22-19(24)18-6-5-13(3)26-18/h5-6,9,12H,7-8,10-11H2,1-4H3,(H,22,24). The molecule has 26 heavy (non-hydrogen) atoms. The average molecular weight is 372 g/mol. The summed E-state index contributed by atoms with van der Waals surface area (Å²) in [6, 6.07) is 3.81. The molecule has 0 saturated carbocycles. The van der Waals surface area contributed by atoms with E-state index in [9.17, 15) is 9.59 Å². The molecule has 0 aromatic carbocycles. The summed E-state index contributed by atoms with van der Waals surface area (Å²) in [6.07, 6.45) is 2.68. The Hall–Kier alpha value is -2.21. The van der Waals surface area contributed by atoms with Crippen LogP contribution in [0.5, 0.6) is 0 Å². The van der Waals surface area contributed by atoms with Gasteiger partial charge in [0.2, 0.25) is 5.91 Å². The lowest BCUT2D eigenvalue weighted by Crippen LogP contribution is -2.39. The van der Waals surface area contributed by atoms with Crippen LogP contribution in [0.15, 0.2) is 18.3 Å². The molecule has 0 fully saturated rings. The molecular formula is C20H25N3O2S. The molecule has 0 spiro atoms. The fourth-order valence-corrected chi connectivity index (χ4v) is 4.11. The highest BCUT2D eigenvalue weighted by Crippen LogP contribution is 2.25. The van der Waals surface area contributed by atoms with E-state index >= 15 is 0 Å². The molecule has 2 amide bonds. The van der Waals surface area contributed by atoms with Crippen LogP contribution in [0.2, 0.25) is 0 Å². The topological polar surface area (TPSA) is 62.3 Å². The van der Waals surface area contributed by atoms with Crippen LogP contribution in [0.3, 0.4) is 0 Å². The van der Waals surface area contributed by atoms with Crippen molar-refractivity contribution in [2.24, 2.45) is 5.92 Å². The first-order valence-corrected chi connectivity index (χ1v) is 9.78. The van der Waals surface area contributed by atoms with Crippen molar-refractivity contribution in [2.75, 3.05) is 6.54 Å². The number of nitrogens with one attached hydrogen (secondary N) is 1. The summed E-state index contributed by atoms with van der Waals surface area (Å²) >= 11 is 1.50. The molecule has 1 aliphatic heterocycles. The number of fused-ring (bicyclic) bond motifs is 1. The fraction of sp³-hybridized carbons (Fsp3) is 0.450. The summed E-state index contributed by atoms with van der Waals surface area (Å²) in [7, 11) is 0. The minimum Gasteiger partial charge on any atom is -0.347 e. The van der Waals surface area contributed by atoms with E-state index in [0.717, 1.165) is 39.5 Å². The summed E-state index contributed by atoms with van der Waals surface area (Å²) in [6.45, 7) is 9.62. The van der Waals surface area contributed by atoms with Crippen LogP contribution in [0, 0.1) is 19.8 Å². The van der Waals surface area contributed by atoms with Gasteiger partial charge in [0.1, 0.15) is 0 Å². The van der Waals surface area contributed by atoms with E-state index in [-0.39, 0.29) is 17.7 Å². The minimum absolute atomic E-state index is 0.00275. The quantitative estimate of drug-likeness (QED) is 0.897. The first-order valence-electron chi connectivity index (χ1n) is 8.96. The van der Waals surface area contributed by atoms with E-state index in [1.54, 1.807) is 0 Å². The van der Waals surface area contributed by atoms with Crippen LogP contribution < -0.4 is 5.32 Å². The summed E-state index contributed by atoms with van der Waals surface area (Å²) < 4.78 is 0. The van der Waals surface area contributed by atoms with Gasteiger partial charge in [0, 0.05) is 42.3 Å². The van der Waals surface area contributed by atoms with Crippen molar-refractivity contribution in [1.82, 2.24) is 15.2 Å². The van der Waals surface area contributed by atoms with Crippen molar-refractivity contribution in [2.45, 2.75) is 47.2 Å². The monoisotopic (exact) mass is 371 g/mol.